The fourth-order valence-corrected chi connectivity index (χ4v) is 6.72. The first kappa shape index (κ1) is 29.7. The fourth-order valence-electron chi connectivity index (χ4n) is 6.72. The number of anilines is 2. The summed E-state index contributed by atoms with van der Waals surface area (Å²) >= 11 is 0. The molecule has 4 fully saturated rings. The molecule has 4 heterocycles. The molecule has 10 heteroatoms. The molecule has 0 saturated carbocycles. The lowest BCUT2D eigenvalue weighted by molar-refractivity contribution is -0.120. The summed E-state index contributed by atoms with van der Waals surface area (Å²) in [6.45, 7) is 4.37. The number of rotatable bonds is 6. The first-order valence-electron chi connectivity index (χ1n) is 16.1. The van der Waals surface area contributed by atoms with Crippen molar-refractivity contribution in [1.82, 2.24) is 19.6 Å². The van der Waals surface area contributed by atoms with Crippen LogP contribution in [0.4, 0.5) is 21.0 Å². The minimum atomic E-state index is -0.426. The van der Waals surface area contributed by atoms with Gasteiger partial charge in [0.15, 0.2) is 0 Å². The van der Waals surface area contributed by atoms with E-state index in [1.165, 1.54) is 0 Å². The van der Waals surface area contributed by atoms with Crippen molar-refractivity contribution in [2.75, 3.05) is 49.9 Å². The molecule has 4 saturated heterocycles. The normalized spacial score (nSPS) is 21.8. The number of carbonyl (C=O) groups excluding carboxylic acids is 4. The Morgan fingerprint density at radius 2 is 0.886 bits per heavy atom. The van der Waals surface area contributed by atoms with Crippen LogP contribution in [0.25, 0.3) is 12.2 Å². The van der Waals surface area contributed by atoms with Crippen molar-refractivity contribution in [3.63, 3.8) is 0 Å². The van der Waals surface area contributed by atoms with Crippen molar-refractivity contribution in [2.45, 2.75) is 63.5 Å². The van der Waals surface area contributed by atoms with Crippen LogP contribution in [0.2, 0.25) is 0 Å². The summed E-state index contributed by atoms with van der Waals surface area (Å²) in [5, 5.41) is 5.98. The van der Waals surface area contributed by atoms with Gasteiger partial charge in [-0.2, -0.15) is 0 Å². The highest BCUT2D eigenvalue weighted by molar-refractivity contribution is 5.98. The van der Waals surface area contributed by atoms with Gasteiger partial charge in [0.2, 0.25) is 11.8 Å². The van der Waals surface area contributed by atoms with Crippen LogP contribution in [-0.4, -0.2) is 94.8 Å². The van der Waals surface area contributed by atoms with Crippen LogP contribution in [0, 0.1) is 0 Å². The van der Waals surface area contributed by atoms with E-state index in [0.29, 0.717) is 37.3 Å². The average Bonchev–Trinajstić information content (AvgIpc) is 3.88. The standard InChI is InChI=1S/C34H42N6O4/c41-31(29-7-5-23-39(29)33(43)37-19-1-2-20-37)35-27-15-11-25(12-16-27)9-10-26-13-17-28(18-14-26)36-32(42)30-8-6-24-40(30)34(44)38-21-3-4-22-38/h9-18,29-30H,1-8,19-24H2,(H,35,41)(H,36,42)/b10-9+/t29-,30-/m0/s1. The van der Waals surface area contributed by atoms with Gasteiger partial charge in [-0.25, -0.2) is 9.59 Å². The molecular formula is C34H42N6O4. The number of benzene rings is 2. The molecule has 6 amide bonds. The SMILES string of the molecule is O=C(Nc1ccc(/C=C/c2ccc(NC(=O)[C@@H]3CCCN3C(=O)N3CCCC3)cc2)cc1)[C@@H]1CCCN1C(=O)N1CCCC1. The van der Waals surface area contributed by atoms with Gasteiger partial charge in [-0.1, -0.05) is 36.4 Å². The van der Waals surface area contributed by atoms with Gasteiger partial charge in [-0.15, -0.1) is 0 Å². The van der Waals surface area contributed by atoms with Crippen LogP contribution < -0.4 is 10.6 Å². The van der Waals surface area contributed by atoms with Crippen molar-refractivity contribution >= 4 is 47.4 Å². The molecule has 4 aliphatic heterocycles. The molecule has 0 unspecified atom stereocenters. The predicted molar refractivity (Wildman–Crippen MR) is 171 cm³/mol. The quantitative estimate of drug-likeness (QED) is 0.452. The zero-order valence-electron chi connectivity index (χ0n) is 25.2. The lowest BCUT2D eigenvalue weighted by atomic mass is 10.1. The first-order valence-corrected chi connectivity index (χ1v) is 16.1. The van der Waals surface area contributed by atoms with E-state index in [1.807, 2.05) is 70.5 Å². The second-order valence-corrected chi connectivity index (χ2v) is 12.2. The highest BCUT2D eigenvalue weighted by Gasteiger charge is 2.38. The molecule has 0 aliphatic carbocycles. The van der Waals surface area contributed by atoms with Crippen LogP contribution >= 0.6 is 0 Å². The van der Waals surface area contributed by atoms with Gasteiger partial charge in [0.05, 0.1) is 0 Å². The molecule has 4 aliphatic rings. The van der Waals surface area contributed by atoms with Crippen molar-refractivity contribution in [1.29, 1.82) is 0 Å². The summed E-state index contributed by atoms with van der Waals surface area (Å²) in [5.74, 6) is -0.270. The van der Waals surface area contributed by atoms with E-state index in [4.69, 9.17) is 0 Å². The minimum Gasteiger partial charge on any atom is -0.325 e. The first-order chi connectivity index (χ1) is 21.5. The van der Waals surface area contributed by atoms with Crippen LogP contribution in [0.3, 0.4) is 0 Å². The smallest absolute Gasteiger partial charge is 0.320 e. The Morgan fingerprint density at radius 3 is 1.25 bits per heavy atom. The zero-order chi connectivity index (χ0) is 30.5. The lowest BCUT2D eigenvalue weighted by Crippen LogP contribution is -2.48. The van der Waals surface area contributed by atoms with Crippen molar-refractivity contribution in [2.24, 2.45) is 0 Å². The van der Waals surface area contributed by atoms with E-state index in [0.717, 1.165) is 75.8 Å². The van der Waals surface area contributed by atoms with Crippen molar-refractivity contribution in [3.05, 3.63) is 59.7 Å². The number of nitrogens with one attached hydrogen (secondary N) is 2. The molecule has 44 heavy (non-hydrogen) atoms. The Bertz CT molecular complexity index is 1270. The number of likely N-dealkylation sites (tertiary alicyclic amines) is 4. The Hall–Kier alpha value is -4.34. The number of hydrogen-bond donors (Lipinski definition) is 2. The highest BCUT2D eigenvalue weighted by Crippen LogP contribution is 2.25. The van der Waals surface area contributed by atoms with E-state index >= 15 is 0 Å². The Morgan fingerprint density at radius 1 is 0.523 bits per heavy atom. The van der Waals surface area contributed by atoms with Crippen LogP contribution in [0.5, 0.6) is 0 Å². The third-order valence-electron chi connectivity index (χ3n) is 9.18. The molecule has 232 valence electrons. The summed E-state index contributed by atoms with van der Waals surface area (Å²) in [5.41, 5.74) is 3.37. The predicted octanol–water partition coefficient (Wildman–Crippen LogP) is 5.09. The summed E-state index contributed by atoms with van der Waals surface area (Å²) in [6, 6.07) is 14.4. The molecule has 0 aromatic heterocycles. The molecule has 0 radical (unpaired) electrons. The van der Waals surface area contributed by atoms with E-state index in [2.05, 4.69) is 10.6 Å². The Kier molecular flexibility index (Phi) is 9.14. The van der Waals surface area contributed by atoms with E-state index in [9.17, 15) is 19.2 Å². The summed E-state index contributed by atoms with van der Waals surface area (Å²) in [6.07, 6.45) is 11.2. The number of amides is 6. The Labute approximate surface area is 259 Å². The third kappa shape index (κ3) is 6.74. The van der Waals surface area contributed by atoms with Gasteiger partial charge >= 0.3 is 12.1 Å². The van der Waals surface area contributed by atoms with Gasteiger partial charge in [-0.3, -0.25) is 9.59 Å². The molecule has 0 spiro atoms. The van der Waals surface area contributed by atoms with Crippen molar-refractivity contribution in [3.8, 4) is 0 Å². The van der Waals surface area contributed by atoms with Crippen LogP contribution in [0.1, 0.15) is 62.5 Å². The molecule has 2 N–H and O–H groups in total. The van der Waals surface area contributed by atoms with Crippen molar-refractivity contribution < 1.29 is 19.2 Å². The monoisotopic (exact) mass is 598 g/mol. The zero-order valence-corrected chi connectivity index (χ0v) is 25.2. The maximum absolute atomic E-state index is 13.0. The molecule has 0 bridgehead atoms. The van der Waals surface area contributed by atoms with E-state index in [1.54, 1.807) is 9.80 Å². The van der Waals surface area contributed by atoms with E-state index in [-0.39, 0.29) is 23.9 Å². The average molecular weight is 599 g/mol. The third-order valence-corrected chi connectivity index (χ3v) is 9.18. The topological polar surface area (TPSA) is 105 Å². The van der Waals surface area contributed by atoms with Gasteiger partial charge in [0, 0.05) is 50.6 Å². The maximum atomic E-state index is 13.0. The maximum Gasteiger partial charge on any atom is 0.320 e. The summed E-state index contributed by atoms with van der Waals surface area (Å²) in [7, 11) is 0. The fraction of sp³-hybridized carbons (Fsp3) is 0.471. The van der Waals surface area contributed by atoms with Gasteiger partial charge in [0.1, 0.15) is 12.1 Å². The highest BCUT2D eigenvalue weighted by atomic mass is 16.2. The summed E-state index contributed by atoms with van der Waals surface area (Å²) in [4.78, 5) is 59.0. The molecule has 10 nitrogen and oxygen atoms in total. The number of urea groups is 2. The van der Waals surface area contributed by atoms with Gasteiger partial charge in [-0.05, 0) is 86.8 Å². The molecule has 2 aromatic rings. The second-order valence-electron chi connectivity index (χ2n) is 12.2. The number of nitrogens with zero attached hydrogens (tertiary/aromatic N) is 4. The minimum absolute atomic E-state index is 0.0130. The Balaban J connectivity index is 0.993. The van der Waals surface area contributed by atoms with E-state index < -0.39 is 12.1 Å². The lowest BCUT2D eigenvalue weighted by Gasteiger charge is -2.28. The summed E-state index contributed by atoms with van der Waals surface area (Å²) < 4.78 is 0. The largest absolute Gasteiger partial charge is 0.325 e. The molecule has 6 rings (SSSR count). The molecule has 2 aromatic carbocycles. The van der Waals surface area contributed by atoms with Crippen LogP contribution in [-0.2, 0) is 9.59 Å². The second kappa shape index (κ2) is 13.5. The number of hydrogen-bond acceptors (Lipinski definition) is 4. The van der Waals surface area contributed by atoms with Gasteiger partial charge < -0.3 is 30.2 Å². The van der Waals surface area contributed by atoms with Gasteiger partial charge in [0.25, 0.3) is 0 Å². The molecule has 2 atom stereocenters. The number of carbonyl (C=O) groups is 4. The molecular weight excluding hydrogens is 556 g/mol. The van der Waals surface area contributed by atoms with Crippen LogP contribution in [0.15, 0.2) is 48.5 Å².